The zero-order valence-electron chi connectivity index (χ0n) is 4.93. The largest absolute Gasteiger partial charge is 0.329 e. The minimum atomic E-state index is -0.792. The standard InChI is InChI=1S/C4H5N3O3/c8-2-1-5-3(9)7-4(10)6-2/h1H2,(H3,5,6,7,8,9,10). The summed E-state index contributed by atoms with van der Waals surface area (Å²) in [5, 5.41) is 5.89. The molecule has 0 radical (unpaired) electrons. The first kappa shape index (κ1) is 6.53. The second kappa shape index (κ2) is 2.34. The Labute approximate surface area is 56.0 Å². The van der Waals surface area contributed by atoms with Crippen LogP contribution in [0.5, 0.6) is 0 Å². The van der Waals surface area contributed by atoms with Crippen LogP contribution in [0.25, 0.3) is 0 Å². The van der Waals surface area contributed by atoms with Gasteiger partial charge in [0.2, 0.25) is 5.91 Å². The van der Waals surface area contributed by atoms with Gasteiger partial charge in [0.25, 0.3) is 0 Å². The van der Waals surface area contributed by atoms with E-state index < -0.39 is 18.0 Å². The Morgan fingerprint density at radius 3 is 2.40 bits per heavy atom. The highest BCUT2D eigenvalue weighted by Gasteiger charge is 2.15. The van der Waals surface area contributed by atoms with E-state index in [-0.39, 0.29) is 6.54 Å². The van der Waals surface area contributed by atoms with E-state index in [1.165, 1.54) is 0 Å². The van der Waals surface area contributed by atoms with Gasteiger partial charge in [-0.05, 0) is 0 Å². The molecule has 3 N–H and O–H groups in total. The Morgan fingerprint density at radius 2 is 1.70 bits per heavy atom. The number of imide groups is 2. The summed E-state index contributed by atoms with van der Waals surface area (Å²) in [7, 11) is 0. The molecule has 0 unspecified atom stereocenters. The lowest BCUT2D eigenvalue weighted by atomic mass is 10.6. The van der Waals surface area contributed by atoms with Gasteiger partial charge in [-0.15, -0.1) is 0 Å². The van der Waals surface area contributed by atoms with Crippen molar-refractivity contribution in [3.63, 3.8) is 0 Å². The minimum absolute atomic E-state index is 0.169. The summed E-state index contributed by atoms with van der Waals surface area (Å²) in [6, 6.07) is -1.46. The molecule has 1 saturated heterocycles. The van der Waals surface area contributed by atoms with Gasteiger partial charge in [0.1, 0.15) is 0 Å². The SMILES string of the molecule is O=C1CNC(=O)NC(=O)N1. The van der Waals surface area contributed by atoms with Gasteiger partial charge in [0, 0.05) is 0 Å². The molecule has 1 rings (SSSR count). The van der Waals surface area contributed by atoms with Crippen LogP contribution in [0.3, 0.4) is 0 Å². The highest BCUT2D eigenvalue weighted by atomic mass is 16.2. The third-order valence-corrected chi connectivity index (χ3v) is 0.890. The molecule has 6 heteroatoms. The molecule has 1 aliphatic rings. The molecule has 0 bridgehead atoms. The molecule has 10 heavy (non-hydrogen) atoms. The third-order valence-electron chi connectivity index (χ3n) is 0.890. The molecule has 0 aromatic heterocycles. The zero-order valence-corrected chi connectivity index (χ0v) is 4.93. The van der Waals surface area contributed by atoms with E-state index in [1.54, 1.807) is 0 Å². The maximum Gasteiger partial charge on any atom is 0.329 e. The van der Waals surface area contributed by atoms with Crippen LogP contribution in [-0.4, -0.2) is 24.5 Å². The van der Waals surface area contributed by atoms with Crippen molar-refractivity contribution >= 4 is 18.0 Å². The molecular weight excluding hydrogens is 138 g/mol. The average Bonchev–Trinajstić information content (AvgIpc) is 1.93. The first-order valence-electron chi connectivity index (χ1n) is 2.57. The van der Waals surface area contributed by atoms with Gasteiger partial charge in [-0.2, -0.15) is 0 Å². The van der Waals surface area contributed by atoms with Gasteiger partial charge in [-0.1, -0.05) is 0 Å². The maximum absolute atomic E-state index is 10.5. The van der Waals surface area contributed by atoms with Crippen LogP contribution >= 0.6 is 0 Å². The Kier molecular flexibility index (Phi) is 1.53. The zero-order chi connectivity index (χ0) is 7.56. The summed E-state index contributed by atoms with van der Waals surface area (Å²) >= 11 is 0. The van der Waals surface area contributed by atoms with E-state index in [1.807, 2.05) is 10.6 Å². The number of amides is 5. The van der Waals surface area contributed by atoms with Crippen molar-refractivity contribution in [1.82, 2.24) is 16.0 Å². The Morgan fingerprint density at radius 1 is 1.00 bits per heavy atom. The lowest BCUT2D eigenvalue weighted by Crippen LogP contribution is -2.39. The fraction of sp³-hybridized carbons (Fsp3) is 0.250. The monoisotopic (exact) mass is 143 g/mol. The van der Waals surface area contributed by atoms with E-state index in [0.717, 1.165) is 0 Å². The van der Waals surface area contributed by atoms with Crippen LogP contribution in [-0.2, 0) is 4.79 Å². The fourth-order valence-corrected chi connectivity index (χ4v) is 0.510. The van der Waals surface area contributed by atoms with Crippen LogP contribution in [0, 0.1) is 0 Å². The van der Waals surface area contributed by atoms with Crippen LogP contribution in [0.4, 0.5) is 9.59 Å². The van der Waals surface area contributed by atoms with E-state index >= 15 is 0 Å². The molecule has 1 heterocycles. The molecule has 5 amide bonds. The summed E-state index contributed by atoms with van der Waals surface area (Å²) in [5.41, 5.74) is 0. The minimum Gasteiger partial charge on any atom is -0.329 e. The van der Waals surface area contributed by atoms with Crippen molar-refractivity contribution in [1.29, 1.82) is 0 Å². The lowest BCUT2D eigenvalue weighted by molar-refractivity contribution is -0.118. The summed E-state index contributed by atoms with van der Waals surface area (Å²) < 4.78 is 0. The number of nitrogens with one attached hydrogen (secondary N) is 3. The second-order valence-electron chi connectivity index (χ2n) is 1.68. The number of carbonyl (C=O) groups is 3. The van der Waals surface area contributed by atoms with Gasteiger partial charge in [0.05, 0.1) is 6.54 Å². The van der Waals surface area contributed by atoms with Crippen LogP contribution in [0.2, 0.25) is 0 Å². The molecule has 0 aromatic rings. The number of hydrogen-bond acceptors (Lipinski definition) is 3. The molecule has 1 fully saturated rings. The van der Waals surface area contributed by atoms with E-state index in [0.29, 0.717) is 0 Å². The van der Waals surface area contributed by atoms with E-state index in [9.17, 15) is 14.4 Å². The van der Waals surface area contributed by atoms with Gasteiger partial charge in [0.15, 0.2) is 0 Å². The molecule has 0 aliphatic carbocycles. The van der Waals surface area contributed by atoms with Crippen LogP contribution in [0.15, 0.2) is 0 Å². The summed E-state index contributed by atoms with van der Waals surface area (Å²) in [6.45, 7) is -0.169. The number of carbonyl (C=O) groups excluding carboxylic acids is 3. The van der Waals surface area contributed by atoms with Crippen molar-refractivity contribution in [3.8, 4) is 0 Å². The molecular formula is C4H5N3O3. The van der Waals surface area contributed by atoms with Crippen LogP contribution < -0.4 is 16.0 Å². The summed E-state index contributed by atoms with van der Waals surface area (Å²) in [4.78, 5) is 31.3. The Bertz CT molecular complexity index is 180. The van der Waals surface area contributed by atoms with Crippen LogP contribution in [0.1, 0.15) is 0 Å². The first-order chi connectivity index (χ1) is 4.68. The Hall–Kier alpha value is -1.59. The van der Waals surface area contributed by atoms with E-state index in [2.05, 4.69) is 5.32 Å². The summed E-state index contributed by atoms with van der Waals surface area (Å²) in [6.07, 6.45) is 0. The lowest BCUT2D eigenvalue weighted by Gasteiger charge is -1.93. The molecule has 6 nitrogen and oxygen atoms in total. The van der Waals surface area contributed by atoms with Crippen molar-refractivity contribution < 1.29 is 14.4 Å². The topological polar surface area (TPSA) is 87.3 Å². The van der Waals surface area contributed by atoms with Gasteiger partial charge >= 0.3 is 12.1 Å². The number of rotatable bonds is 0. The smallest absolute Gasteiger partial charge is 0.329 e. The molecule has 1 aliphatic heterocycles. The van der Waals surface area contributed by atoms with E-state index in [4.69, 9.17) is 0 Å². The Balaban J connectivity index is 2.63. The molecule has 0 aromatic carbocycles. The second-order valence-corrected chi connectivity index (χ2v) is 1.68. The van der Waals surface area contributed by atoms with Gasteiger partial charge in [-0.3, -0.25) is 15.4 Å². The predicted molar refractivity (Wildman–Crippen MR) is 30.1 cm³/mol. The van der Waals surface area contributed by atoms with Gasteiger partial charge < -0.3 is 5.32 Å². The van der Waals surface area contributed by atoms with Crippen molar-refractivity contribution in [2.45, 2.75) is 0 Å². The van der Waals surface area contributed by atoms with Crippen molar-refractivity contribution in [3.05, 3.63) is 0 Å². The van der Waals surface area contributed by atoms with Crippen molar-refractivity contribution in [2.75, 3.05) is 6.54 Å². The number of urea groups is 2. The molecule has 0 atom stereocenters. The number of hydrogen-bond donors (Lipinski definition) is 3. The van der Waals surface area contributed by atoms with Crippen molar-refractivity contribution in [2.24, 2.45) is 0 Å². The molecule has 54 valence electrons. The molecule has 0 spiro atoms. The average molecular weight is 143 g/mol. The third kappa shape index (κ3) is 1.44. The highest BCUT2D eigenvalue weighted by molar-refractivity contribution is 6.05. The van der Waals surface area contributed by atoms with Gasteiger partial charge in [-0.25, -0.2) is 9.59 Å². The first-order valence-corrected chi connectivity index (χ1v) is 2.57. The highest BCUT2D eigenvalue weighted by Crippen LogP contribution is 1.74. The normalized spacial score (nSPS) is 18.6. The summed E-state index contributed by atoms with van der Waals surface area (Å²) in [5.74, 6) is -0.525. The molecule has 0 saturated carbocycles. The predicted octanol–water partition coefficient (Wildman–Crippen LogP) is -1.46. The fourth-order valence-electron chi connectivity index (χ4n) is 0.510. The quantitative estimate of drug-likeness (QED) is 0.387. The maximum atomic E-state index is 10.5.